The zero-order valence-corrected chi connectivity index (χ0v) is 16.4. The second-order valence-electron chi connectivity index (χ2n) is 6.67. The molecule has 0 spiro atoms. The highest BCUT2D eigenvalue weighted by Crippen LogP contribution is 2.36. The average Bonchev–Trinajstić information content (AvgIpc) is 3.01. The lowest BCUT2D eigenvalue weighted by molar-refractivity contribution is 0.102. The van der Waals surface area contributed by atoms with Crippen molar-refractivity contribution in [3.05, 3.63) is 83.4 Å². The maximum Gasteiger partial charge on any atom is 0.255 e. The van der Waals surface area contributed by atoms with Crippen molar-refractivity contribution in [1.29, 1.82) is 0 Å². The highest BCUT2D eigenvalue weighted by atomic mass is 32.2. The van der Waals surface area contributed by atoms with E-state index in [0.29, 0.717) is 28.1 Å². The number of rotatable bonds is 5. The molecule has 0 saturated heterocycles. The van der Waals surface area contributed by atoms with Gasteiger partial charge in [0, 0.05) is 28.1 Å². The normalized spacial score (nSPS) is 12.2. The summed E-state index contributed by atoms with van der Waals surface area (Å²) in [4.78, 5) is 25.2. The largest absolute Gasteiger partial charge is 0.322 e. The second-order valence-corrected chi connectivity index (χ2v) is 8.68. The fourth-order valence-electron chi connectivity index (χ4n) is 3.25. The van der Waals surface area contributed by atoms with Crippen LogP contribution >= 0.6 is 0 Å². The van der Waals surface area contributed by atoms with E-state index in [1.165, 1.54) is 0 Å². The molecule has 0 unspecified atom stereocenters. The predicted octanol–water partition coefficient (Wildman–Crippen LogP) is 3.91. The molecule has 0 heterocycles. The van der Waals surface area contributed by atoms with E-state index in [4.69, 9.17) is 0 Å². The standard InChI is InChI=1S/C22H18N2O4S/c1-2-29(27,28)24-16-10-8-15(9-11-16)23-22(26)14-7-12-18-17-5-3-4-6-19(17)21(25)20(18)13-14/h3-13,24H,2H2,1H3,(H,23,26). The van der Waals surface area contributed by atoms with Gasteiger partial charge in [-0.15, -0.1) is 0 Å². The number of amides is 1. The molecule has 29 heavy (non-hydrogen) atoms. The second kappa shape index (κ2) is 7.18. The third-order valence-corrected chi connectivity index (χ3v) is 6.09. The van der Waals surface area contributed by atoms with Crippen molar-refractivity contribution in [2.24, 2.45) is 0 Å². The van der Waals surface area contributed by atoms with Gasteiger partial charge in [0.25, 0.3) is 5.91 Å². The minimum atomic E-state index is -3.35. The quantitative estimate of drug-likeness (QED) is 0.526. The minimum absolute atomic E-state index is 0.0214. The van der Waals surface area contributed by atoms with Crippen LogP contribution in [0.1, 0.15) is 33.2 Å². The van der Waals surface area contributed by atoms with Crippen LogP contribution in [0.3, 0.4) is 0 Å². The average molecular weight is 406 g/mol. The van der Waals surface area contributed by atoms with Crippen LogP contribution in [0.2, 0.25) is 0 Å². The number of ketones is 1. The summed E-state index contributed by atoms with van der Waals surface area (Å²) in [6, 6.07) is 18.8. The fraction of sp³-hybridized carbons (Fsp3) is 0.0909. The van der Waals surface area contributed by atoms with E-state index < -0.39 is 10.0 Å². The molecule has 4 rings (SSSR count). The van der Waals surface area contributed by atoms with Crippen molar-refractivity contribution >= 4 is 33.1 Å². The molecule has 0 radical (unpaired) electrons. The predicted molar refractivity (Wildman–Crippen MR) is 113 cm³/mol. The van der Waals surface area contributed by atoms with Crippen molar-refractivity contribution < 1.29 is 18.0 Å². The molecule has 1 aliphatic rings. The number of hydrogen-bond acceptors (Lipinski definition) is 4. The van der Waals surface area contributed by atoms with E-state index in [0.717, 1.165) is 11.1 Å². The fourth-order valence-corrected chi connectivity index (χ4v) is 3.89. The van der Waals surface area contributed by atoms with E-state index in [2.05, 4.69) is 10.0 Å². The molecule has 0 atom stereocenters. The molecule has 146 valence electrons. The van der Waals surface area contributed by atoms with Crippen LogP contribution in [0.25, 0.3) is 11.1 Å². The summed E-state index contributed by atoms with van der Waals surface area (Å²) in [6.07, 6.45) is 0. The molecule has 1 amide bonds. The Balaban J connectivity index is 1.52. The topological polar surface area (TPSA) is 92.3 Å². The van der Waals surface area contributed by atoms with Crippen molar-refractivity contribution in [3.8, 4) is 11.1 Å². The first-order chi connectivity index (χ1) is 13.9. The lowest BCUT2D eigenvalue weighted by Crippen LogP contribution is -2.15. The number of benzene rings is 3. The number of carbonyl (C=O) groups excluding carboxylic acids is 2. The Bertz CT molecular complexity index is 1230. The Labute approximate surface area is 168 Å². The maximum absolute atomic E-state index is 12.6. The van der Waals surface area contributed by atoms with E-state index in [1.54, 1.807) is 55.5 Å². The molecule has 0 saturated carbocycles. The Morgan fingerprint density at radius 1 is 0.828 bits per heavy atom. The van der Waals surface area contributed by atoms with Gasteiger partial charge in [0.15, 0.2) is 5.78 Å². The summed E-state index contributed by atoms with van der Waals surface area (Å²) in [5.74, 6) is -0.455. The van der Waals surface area contributed by atoms with Gasteiger partial charge >= 0.3 is 0 Å². The number of hydrogen-bond donors (Lipinski definition) is 2. The van der Waals surface area contributed by atoms with Gasteiger partial charge in [0.05, 0.1) is 5.75 Å². The van der Waals surface area contributed by atoms with Crippen LogP contribution in [-0.4, -0.2) is 25.9 Å². The van der Waals surface area contributed by atoms with Crippen LogP contribution in [0, 0.1) is 0 Å². The van der Waals surface area contributed by atoms with Gasteiger partial charge in [-0.2, -0.15) is 0 Å². The number of fused-ring (bicyclic) bond motifs is 3. The summed E-state index contributed by atoms with van der Waals surface area (Å²) in [5.41, 5.74) is 4.18. The number of sulfonamides is 1. The Morgan fingerprint density at radius 3 is 2.14 bits per heavy atom. The lowest BCUT2D eigenvalue weighted by atomic mass is 10.0. The first-order valence-electron chi connectivity index (χ1n) is 9.08. The molecule has 7 heteroatoms. The van der Waals surface area contributed by atoms with Crippen molar-refractivity contribution in [3.63, 3.8) is 0 Å². The molecule has 0 bridgehead atoms. The zero-order valence-electron chi connectivity index (χ0n) is 15.6. The van der Waals surface area contributed by atoms with Crippen LogP contribution in [-0.2, 0) is 10.0 Å². The van der Waals surface area contributed by atoms with Gasteiger partial charge in [-0.25, -0.2) is 8.42 Å². The van der Waals surface area contributed by atoms with Crippen molar-refractivity contribution in [2.75, 3.05) is 15.8 Å². The van der Waals surface area contributed by atoms with Crippen LogP contribution in [0.5, 0.6) is 0 Å². The third kappa shape index (κ3) is 3.64. The molecular formula is C22H18N2O4S. The maximum atomic E-state index is 12.6. The molecule has 1 aliphatic carbocycles. The number of anilines is 2. The third-order valence-electron chi connectivity index (χ3n) is 4.78. The first kappa shape index (κ1) is 18.9. The summed E-state index contributed by atoms with van der Waals surface area (Å²) < 4.78 is 25.7. The van der Waals surface area contributed by atoms with Crippen molar-refractivity contribution in [2.45, 2.75) is 6.92 Å². The van der Waals surface area contributed by atoms with E-state index in [1.807, 2.05) is 18.2 Å². The summed E-state index contributed by atoms with van der Waals surface area (Å²) in [6.45, 7) is 1.55. The van der Waals surface area contributed by atoms with Gasteiger partial charge in [-0.05, 0) is 54.4 Å². The number of nitrogens with one attached hydrogen (secondary N) is 2. The SMILES string of the molecule is CCS(=O)(=O)Nc1ccc(NC(=O)c2ccc3c(c2)C(=O)c2ccccc2-3)cc1. The van der Waals surface area contributed by atoms with Gasteiger partial charge < -0.3 is 5.32 Å². The molecule has 6 nitrogen and oxygen atoms in total. The van der Waals surface area contributed by atoms with E-state index >= 15 is 0 Å². The van der Waals surface area contributed by atoms with Gasteiger partial charge in [0.1, 0.15) is 0 Å². The Hall–Kier alpha value is -3.45. The molecule has 0 fully saturated rings. The molecule has 3 aromatic rings. The van der Waals surface area contributed by atoms with Gasteiger partial charge in [-0.1, -0.05) is 30.3 Å². The van der Waals surface area contributed by atoms with Crippen molar-refractivity contribution in [1.82, 2.24) is 0 Å². The van der Waals surface area contributed by atoms with E-state index in [9.17, 15) is 18.0 Å². The monoisotopic (exact) mass is 406 g/mol. The van der Waals surface area contributed by atoms with Gasteiger partial charge in [-0.3, -0.25) is 14.3 Å². The van der Waals surface area contributed by atoms with E-state index in [-0.39, 0.29) is 17.4 Å². The smallest absolute Gasteiger partial charge is 0.255 e. The Kier molecular flexibility index (Phi) is 4.68. The summed E-state index contributed by atoms with van der Waals surface area (Å²) in [7, 11) is -3.35. The molecule has 3 aromatic carbocycles. The molecular weight excluding hydrogens is 388 g/mol. The van der Waals surface area contributed by atoms with Gasteiger partial charge in [0.2, 0.25) is 10.0 Å². The first-order valence-corrected chi connectivity index (χ1v) is 10.7. The minimum Gasteiger partial charge on any atom is -0.322 e. The van der Waals surface area contributed by atoms with Crippen LogP contribution < -0.4 is 10.0 Å². The molecule has 0 aromatic heterocycles. The molecule has 0 aliphatic heterocycles. The lowest BCUT2D eigenvalue weighted by Gasteiger charge is -2.09. The highest BCUT2D eigenvalue weighted by molar-refractivity contribution is 7.92. The summed E-state index contributed by atoms with van der Waals surface area (Å²) in [5, 5.41) is 2.76. The number of carbonyl (C=O) groups is 2. The van der Waals surface area contributed by atoms with Crippen LogP contribution in [0.4, 0.5) is 11.4 Å². The van der Waals surface area contributed by atoms with Crippen LogP contribution in [0.15, 0.2) is 66.7 Å². The highest BCUT2D eigenvalue weighted by Gasteiger charge is 2.27. The Morgan fingerprint density at radius 2 is 1.45 bits per heavy atom. The summed E-state index contributed by atoms with van der Waals surface area (Å²) >= 11 is 0. The zero-order chi connectivity index (χ0) is 20.6. The molecule has 2 N–H and O–H groups in total.